The van der Waals surface area contributed by atoms with Gasteiger partial charge in [-0.25, -0.2) is 0 Å². The lowest BCUT2D eigenvalue weighted by atomic mass is 10.1. The Kier molecular flexibility index (Phi) is 4.84. The molecule has 0 fully saturated rings. The number of Topliss-reactive ketones (excluding diaryl/α,β-unsaturated/α-hetero) is 1. The van der Waals surface area contributed by atoms with Crippen molar-refractivity contribution < 1.29 is 4.79 Å². The molecule has 1 unspecified atom stereocenters. The number of rotatable bonds is 4. The second-order valence-electron chi connectivity index (χ2n) is 3.84. The average Bonchev–Trinajstić information content (AvgIpc) is 2.74. The highest BCUT2D eigenvalue weighted by Crippen LogP contribution is 2.30. The zero-order valence-corrected chi connectivity index (χ0v) is 13.3. The van der Waals surface area contributed by atoms with Crippen molar-refractivity contribution in [2.75, 3.05) is 0 Å². The summed E-state index contributed by atoms with van der Waals surface area (Å²) < 4.78 is 0.781. The topological polar surface area (TPSA) is 42.9 Å². The van der Waals surface area contributed by atoms with Crippen LogP contribution in [0.3, 0.4) is 0 Å². The molecule has 0 aliphatic rings. The smallest absolute Gasteiger partial charge is 0.177 e. The molecule has 100 valence electrons. The summed E-state index contributed by atoms with van der Waals surface area (Å²) in [6, 6.07) is 4.88. The van der Waals surface area contributed by atoms with Gasteiger partial charge in [0.2, 0.25) is 0 Å². The first-order valence-corrected chi connectivity index (χ1v) is 7.88. The van der Waals surface area contributed by atoms with Gasteiger partial charge in [-0.3, -0.25) is 4.79 Å². The van der Waals surface area contributed by atoms with Crippen LogP contribution in [0.1, 0.15) is 22.3 Å². The van der Waals surface area contributed by atoms with E-state index in [0.29, 0.717) is 15.6 Å². The lowest BCUT2D eigenvalue weighted by Gasteiger charge is -2.09. The first-order chi connectivity index (χ1) is 8.97. The number of hydrogen-bond acceptors (Lipinski definition) is 5. The number of hydrogen-bond donors (Lipinski definition) is 0. The quantitative estimate of drug-likeness (QED) is 0.610. The number of nitrogens with zero attached hydrogens (tertiary/aromatic N) is 2. The molecule has 0 spiro atoms. The highest BCUT2D eigenvalue weighted by atomic mass is 35.5. The van der Waals surface area contributed by atoms with Crippen molar-refractivity contribution >= 4 is 52.1 Å². The summed E-state index contributed by atoms with van der Waals surface area (Å²) in [5.41, 5.74) is 0.479. The number of aryl methyl sites for hydroxylation is 1. The maximum absolute atomic E-state index is 12.3. The van der Waals surface area contributed by atoms with E-state index in [4.69, 9.17) is 23.2 Å². The second-order valence-corrected chi connectivity index (χ2v) is 7.45. The molecule has 0 radical (unpaired) electrons. The third-order valence-corrected chi connectivity index (χ3v) is 4.92. The van der Waals surface area contributed by atoms with E-state index in [1.165, 1.54) is 23.1 Å². The number of carbonyl (C=O) groups is 1. The highest BCUT2D eigenvalue weighted by Gasteiger charge is 2.20. The van der Waals surface area contributed by atoms with E-state index < -0.39 is 0 Å². The van der Waals surface area contributed by atoms with E-state index in [2.05, 4.69) is 10.2 Å². The van der Waals surface area contributed by atoms with Gasteiger partial charge in [0, 0.05) is 10.6 Å². The molecule has 0 aliphatic heterocycles. The maximum atomic E-state index is 12.3. The first kappa shape index (κ1) is 14.8. The zero-order valence-electron chi connectivity index (χ0n) is 10.2. The Hall–Kier alpha value is -0.620. The predicted molar refractivity (Wildman–Crippen MR) is 80.8 cm³/mol. The van der Waals surface area contributed by atoms with Gasteiger partial charge in [-0.05, 0) is 32.0 Å². The Balaban J connectivity index is 2.14. The van der Waals surface area contributed by atoms with Crippen LogP contribution in [0, 0.1) is 6.92 Å². The molecule has 1 aromatic carbocycles. The van der Waals surface area contributed by atoms with Crippen LogP contribution < -0.4 is 0 Å². The maximum Gasteiger partial charge on any atom is 0.177 e. The van der Waals surface area contributed by atoms with Crippen molar-refractivity contribution in [3.05, 3.63) is 38.8 Å². The second kappa shape index (κ2) is 6.22. The van der Waals surface area contributed by atoms with E-state index in [-0.39, 0.29) is 11.0 Å². The van der Waals surface area contributed by atoms with Gasteiger partial charge < -0.3 is 0 Å². The van der Waals surface area contributed by atoms with Crippen molar-refractivity contribution in [2.45, 2.75) is 23.4 Å². The molecule has 1 atom stereocenters. The lowest BCUT2D eigenvalue weighted by Crippen LogP contribution is -2.13. The Morgan fingerprint density at radius 2 is 2.11 bits per heavy atom. The fourth-order valence-electron chi connectivity index (χ4n) is 1.44. The van der Waals surface area contributed by atoms with E-state index in [0.717, 1.165) is 9.35 Å². The zero-order chi connectivity index (χ0) is 14.0. The van der Waals surface area contributed by atoms with Gasteiger partial charge in [0.05, 0.1) is 10.3 Å². The molecule has 7 heteroatoms. The SMILES string of the molecule is Cc1nnc(SC(C)C(=O)c2ccc(Cl)cc2Cl)s1. The molecule has 2 aromatic rings. The molecule has 0 saturated heterocycles. The standard InChI is InChI=1S/C12H10Cl2N2OS2/c1-6(18-12-16-15-7(2)19-12)11(17)9-4-3-8(13)5-10(9)14/h3-6H,1-2H3. The molecule has 0 amide bonds. The van der Waals surface area contributed by atoms with Crippen LogP contribution in [0.5, 0.6) is 0 Å². The number of halogens is 2. The number of aromatic nitrogens is 2. The van der Waals surface area contributed by atoms with Crippen molar-refractivity contribution in [2.24, 2.45) is 0 Å². The van der Waals surface area contributed by atoms with E-state index in [9.17, 15) is 4.79 Å². The van der Waals surface area contributed by atoms with Crippen molar-refractivity contribution in [1.29, 1.82) is 0 Å². The molecular weight excluding hydrogens is 323 g/mol. The Labute approximate surface area is 129 Å². The number of benzene rings is 1. The van der Waals surface area contributed by atoms with Crippen LogP contribution >= 0.6 is 46.3 Å². The van der Waals surface area contributed by atoms with Gasteiger partial charge in [-0.2, -0.15) is 0 Å². The summed E-state index contributed by atoms with van der Waals surface area (Å²) in [6.45, 7) is 3.71. The van der Waals surface area contributed by atoms with Crippen LogP contribution in [0.25, 0.3) is 0 Å². The summed E-state index contributed by atoms with van der Waals surface area (Å²) in [4.78, 5) is 12.3. The average molecular weight is 333 g/mol. The van der Waals surface area contributed by atoms with Gasteiger partial charge >= 0.3 is 0 Å². The van der Waals surface area contributed by atoms with E-state index in [1.807, 2.05) is 13.8 Å². The third kappa shape index (κ3) is 3.69. The molecule has 1 aromatic heterocycles. The Morgan fingerprint density at radius 3 is 2.68 bits per heavy atom. The van der Waals surface area contributed by atoms with Gasteiger partial charge in [-0.15, -0.1) is 10.2 Å². The number of ketones is 1. The van der Waals surface area contributed by atoms with Crippen LogP contribution in [0.4, 0.5) is 0 Å². The minimum Gasteiger partial charge on any atom is -0.293 e. The monoisotopic (exact) mass is 332 g/mol. The summed E-state index contributed by atoms with van der Waals surface area (Å²) in [6.07, 6.45) is 0. The fraction of sp³-hybridized carbons (Fsp3) is 0.250. The normalized spacial score (nSPS) is 12.4. The van der Waals surface area contributed by atoms with Gasteiger partial charge in [0.25, 0.3) is 0 Å². The molecule has 0 bridgehead atoms. The molecule has 0 N–H and O–H groups in total. The van der Waals surface area contributed by atoms with Crippen LogP contribution in [0.2, 0.25) is 10.0 Å². The fourth-order valence-corrected chi connectivity index (χ4v) is 3.97. The van der Waals surface area contributed by atoms with Crippen LogP contribution in [-0.2, 0) is 0 Å². The molecule has 3 nitrogen and oxygen atoms in total. The molecule has 19 heavy (non-hydrogen) atoms. The number of thioether (sulfide) groups is 1. The first-order valence-electron chi connectivity index (χ1n) is 5.43. The van der Waals surface area contributed by atoms with Gasteiger partial charge in [-0.1, -0.05) is 46.3 Å². The summed E-state index contributed by atoms with van der Waals surface area (Å²) in [5.74, 6) is -0.0421. The highest BCUT2D eigenvalue weighted by molar-refractivity contribution is 8.02. The van der Waals surface area contributed by atoms with Crippen molar-refractivity contribution in [3.8, 4) is 0 Å². The molecule has 1 heterocycles. The minimum absolute atomic E-state index is 0.0421. The molecule has 0 saturated carbocycles. The van der Waals surface area contributed by atoms with Crippen molar-refractivity contribution in [1.82, 2.24) is 10.2 Å². The number of carbonyl (C=O) groups excluding carboxylic acids is 1. The summed E-state index contributed by atoms with van der Waals surface area (Å²) >= 11 is 14.7. The van der Waals surface area contributed by atoms with E-state index >= 15 is 0 Å². The predicted octanol–water partition coefficient (Wildman–Crippen LogP) is 4.52. The summed E-state index contributed by atoms with van der Waals surface area (Å²) in [5, 5.41) is 9.42. The van der Waals surface area contributed by atoms with Crippen LogP contribution in [-0.4, -0.2) is 21.2 Å². The summed E-state index contributed by atoms with van der Waals surface area (Å²) in [7, 11) is 0. The molecule has 0 aliphatic carbocycles. The van der Waals surface area contributed by atoms with Crippen molar-refractivity contribution in [3.63, 3.8) is 0 Å². The molecule has 2 rings (SSSR count). The third-order valence-electron chi connectivity index (χ3n) is 2.35. The largest absolute Gasteiger partial charge is 0.293 e. The van der Waals surface area contributed by atoms with Gasteiger partial charge in [0.1, 0.15) is 5.01 Å². The molecular formula is C12H10Cl2N2OS2. The lowest BCUT2D eigenvalue weighted by molar-refractivity contribution is 0.0994. The minimum atomic E-state index is -0.272. The Bertz CT molecular complexity index is 616. The van der Waals surface area contributed by atoms with E-state index in [1.54, 1.807) is 18.2 Å². The van der Waals surface area contributed by atoms with Gasteiger partial charge in [0.15, 0.2) is 10.1 Å². The van der Waals surface area contributed by atoms with Crippen LogP contribution in [0.15, 0.2) is 22.5 Å². The Morgan fingerprint density at radius 1 is 1.37 bits per heavy atom.